The average molecular weight is 155 g/mol. The fourth-order valence-corrected chi connectivity index (χ4v) is 0.882. The first-order valence-corrected chi connectivity index (χ1v) is 3.97. The van der Waals surface area contributed by atoms with E-state index in [1.807, 2.05) is 0 Å². The molecule has 0 aliphatic carbocycles. The van der Waals surface area contributed by atoms with Gasteiger partial charge in [0, 0.05) is 18.5 Å². The van der Waals surface area contributed by atoms with E-state index in [0.29, 0.717) is 6.54 Å². The molecule has 1 aromatic rings. The van der Waals surface area contributed by atoms with Crippen LogP contribution in [0.1, 0.15) is 33.0 Å². The summed E-state index contributed by atoms with van der Waals surface area (Å²) in [7, 11) is 0. The summed E-state index contributed by atoms with van der Waals surface area (Å²) in [4.78, 5) is 0. The van der Waals surface area contributed by atoms with Gasteiger partial charge in [-0.15, -0.1) is 0 Å². The number of hydrogen-bond donors (Lipinski definition) is 0. The van der Waals surface area contributed by atoms with Crippen LogP contribution >= 0.6 is 0 Å². The summed E-state index contributed by atoms with van der Waals surface area (Å²) in [6.45, 7) is 2.54. The molecule has 0 aliphatic heterocycles. The Morgan fingerprint density at radius 1 is 1.18 bits per heavy atom. The van der Waals surface area contributed by atoms with Crippen LogP contribution in [-0.2, 0) is 6.54 Å². The molecule has 60 valence electrons. The minimum absolute atomic E-state index is 0.137. The topological polar surface area (TPSA) is 3.88 Å². The highest BCUT2D eigenvalue weighted by Crippen LogP contribution is 1.92. The monoisotopic (exact) mass is 155 g/mol. The summed E-state index contributed by atoms with van der Waals surface area (Å²) in [5, 5.41) is 0. The number of unbranched alkanes of at least 4 members (excludes halogenated alkanes) is 2. The molecule has 0 radical (unpaired) electrons. The molecule has 0 spiro atoms. The maximum Gasteiger partial charge on any atom is 0.168 e. The number of aromatic nitrogens is 1. The Morgan fingerprint density at radius 2 is 1.91 bits per heavy atom. The van der Waals surface area contributed by atoms with Crippen molar-refractivity contribution in [1.29, 1.82) is 0 Å². The Hall–Kier alpha value is -0.850. The second-order valence-corrected chi connectivity index (χ2v) is 2.46. The maximum atomic E-state index is 7.66. The zero-order valence-electron chi connectivity index (χ0n) is 11.8. The van der Waals surface area contributed by atoms with E-state index in [9.17, 15) is 0 Å². The first kappa shape index (κ1) is 3.70. The van der Waals surface area contributed by atoms with Crippen LogP contribution in [-0.4, -0.2) is 0 Å². The summed E-state index contributed by atoms with van der Waals surface area (Å²) in [5.41, 5.74) is 0. The molecular formula is C10H16N+. The van der Waals surface area contributed by atoms with Gasteiger partial charge in [-0.1, -0.05) is 19.4 Å². The molecular weight excluding hydrogens is 134 g/mol. The molecule has 0 N–H and O–H groups in total. The van der Waals surface area contributed by atoms with Crippen LogP contribution in [0.3, 0.4) is 0 Å². The molecule has 0 amide bonds. The molecule has 0 bridgehead atoms. The van der Waals surface area contributed by atoms with Gasteiger partial charge in [-0.05, 0) is 6.42 Å². The minimum atomic E-state index is -0.332. The van der Waals surface area contributed by atoms with Crippen LogP contribution < -0.4 is 4.57 Å². The van der Waals surface area contributed by atoms with Crippen LogP contribution in [0.15, 0.2) is 30.5 Å². The van der Waals surface area contributed by atoms with E-state index in [4.69, 9.17) is 6.85 Å². The summed E-state index contributed by atoms with van der Waals surface area (Å²) >= 11 is 0. The third kappa shape index (κ3) is 3.17. The molecule has 0 saturated heterocycles. The molecule has 1 heteroatoms. The first-order valence-electron chi connectivity index (χ1n) is 6.47. The molecule has 1 aromatic heterocycles. The zero-order valence-corrected chi connectivity index (χ0v) is 6.78. The molecule has 11 heavy (non-hydrogen) atoms. The van der Waals surface area contributed by atoms with Gasteiger partial charge in [0.15, 0.2) is 12.3 Å². The third-order valence-electron chi connectivity index (χ3n) is 1.49. The quantitative estimate of drug-likeness (QED) is 0.463. The van der Waals surface area contributed by atoms with Gasteiger partial charge in [0.25, 0.3) is 0 Å². The zero-order chi connectivity index (χ0) is 12.3. The maximum absolute atomic E-state index is 7.66. The number of nitrogens with zero attached hydrogens (tertiary/aromatic N) is 1. The highest BCUT2D eigenvalue weighted by molar-refractivity contribution is 4.83. The van der Waals surface area contributed by atoms with Crippen molar-refractivity contribution in [2.45, 2.75) is 32.7 Å². The van der Waals surface area contributed by atoms with Crippen LogP contribution in [0.2, 0.25) is 0 Å². The van der Waals surface area contributed by atoms with Crippen LogP contribution in [0.25, 0.3) is 0 Å². The van der Waals surface area contributed by atoms with Crippen molar-refractivity contribution in [2.75, 3.05) is 0 Å². The lowest BCUT2D eigenvalue weighted by Crippen LogP contribution is -2.31. The van der Waals surface area contributed by atoms with Crippen LogP contribution in [0.4, 0.5) is 0 Å². The molecule has 0 fully saturated rings. The highest BCUT2D eigenvalue weighted by atomic mass is 14.9. The van der Waals surface area contributed by atoms with Crippen molar-refractivity contribution >= 4 is 0 Å². The Labute approximate surface area is 75.7 Å². The second-order valence-electron chi connectivity index (χ2n) is 2.46. The lowest BCUT2D eigenvalue weighted by molar-refractivity contribution is -0.697. The number of pyridine rings is 1. The summed E-state index contributed by atoms with van der Waals surface area (Å²) < 4.78 is 39.1. The Kier molecular flexibility index (Phi) is 1.65. The van der Waals surface area contributed by atoms with Gasteiger partial charge in [-0.2, -0.15) is 0 Å². The molecule has 0 saturated carbocycles. The van der Waals surface area contributed by atoms with Gasteiger partial charge in [0.05, 0.1) is 4.11 Å². The molecule has 1 nitrogen and oxygen atoms in total. The highest BCUT2D eigenvalue weighted by Gasteiger charge is 1.94. The molecule has 1 heterocycles. The largest absolute Gasteiger partial charge is 0.205 e. The number of hydrogen-bond acceptors (Lipinski definition) is 0. The molecule has 1 rings (SSSR count). The normalized spacial score (nSPS) is 16.3. The SMILES string of the molecule is [2H]c1c([2H])c([2H])[n+](CCCCC)c([2H])c1[2H]. The van der Waals surface area contributed by atoms with Crippen molar-refractivity contribution in [1.82, 2.24) is 0 Å². The Balaban J connectivity index is 3.08. The van der Waals surface area contributed by atoms with E-state index in [0.717, 1.165) is 19.3 Å². The summed E-state index contributed by atoms with van der Waals surface area (Å²) in [6.07, 6.45) is 2.59. The molecule has 0 aromatic carbocycles. The van der Waals surface area contributed by atoms with Gasteiger partial charge >= 0.3 is 0 Å². The minimum Gasteiger partial charge on any atom is -0.205 e. The number of rotatable bonds is 4. The lowest BCUT2D eigenvalue weighted by atomic mass is 10.2. The fourth-order valence-electron chi connectivity index (χ4n) is 0.882. The van der Waals surface area contributed by atoms with E-state index in [2.05, 4.69) is 6.92 Å². The van der Waals surface area contributed by atoms with Crippen molar-refractivity contribution in [3.05, 3.63) is 30.5 Å². The van der Waals surface area contributed by atoms with Gasteiger partial charge in [-0.25, -0.2) is 4.57 Å². The van der Waals surface area contributed by atoms with Gasteiger partial charge < -0.3 is 0 Å². The van der Waals surface area contributed by atoms with Gasteiger partial charge in [-0.3, -0.25) is 0 Å². The Morgan fingerprint density at radius 3 is 2.55 bits per heavy atom. The van der Waals surface area contributed by atoms with E-state index >= 15 is 0 Å². The molecule has 0 unspecified atom stereocenters. The van der Waals surface area contributed by atoms with E-state index in [1.165, 1.54) is 4.57 Å². The predicted molar refractivity (Wildman–Crippen MR) is 46.2 cm³/mol. The third-order valence-corrected chi connectivity index (χ3v) is 1.49. The van der Waals surface area contributed by atoms with E-state index < -0.39 is 0 Å². The summed E-state index contributed by atoms with van der Waals surface area (Å²) in [6, 6.07) is -0.864. The van der Waals surface area contributed by atoms with Crippen molar-refractivity contribution in [2.24, 2.45) is 0 Å². The Bertz CT molecular complexity index is 362. The predicted octanol–water partition coefficient (Wildman–Crippen LogP) is 2.16. The van der Waals surface area contributed by atoms with Gasteiger partial charge in [0.2, 0.25) is 0 Å². The smallest absolute Gasteiger partial charge is 0.168 e. The molecule has 0 atom stereocenters. The van der Waals surface area contributed by atoms with Crippen molar-refractivity contribution < 1.29 is 11.4 Å². The van der Waals surface area contributed by atoms with Crippen molar-refractivity contribution in [3.8, 4) is 0 Å². The van der Waals surface area contributed by atoms with Crippen molar-refractivity contribution in [3.63, 3.8) is 0 Å². The standard InChI is InChI=1S/C10H16N/c1-2-3-5-8-11-9-6-4-7-10-11/h4,6-7,9-10H,2-3,5,8H2,1H3/q+1/i4D,6D,7D,9D,10D. The van der Waals surface area contributed by atoms with E-state index in [-0.39, 0.29) is 30.5 Å². The fraction of sp³-hybridized carbons (Fsp3) is 0.500. The average Bonchev–Trinajstić information content (AvgIpc) is 2.28. The first-order chi connectivity index (χ1) is 7.50. The van der Waals surface area contributed by atoms with Crippen LogP contribution in [0, 0.1) is 0 Å². The van der Waals surface area contributed by atoms with E-state index in [1.54, 1.807) is 0 Å². The summed E-state index contributed by atoms with van der Waals surface area (Å²) in [5.74, 6) is 0. The van der Waals surface area contributed by atoms with Gasteiger partial charge in [0.1, 0.15) is 9.29 Å². The lowest BCUT2D eigenvalue weighted by Gasteiger charge is -1.93. The van der Waals surface area contributed by atoms with Crippen LogP contribution in [0.5, 0.6) is 0 Å². The molecule has 0 aliphatic rings. The second kappa shape index (κ2) is 4.89.